The normalized spacial score (nSPS) is 19.9. The van der Waals surface area contributed by atoms with Gasteiger partial charge in [-0.05, 0) is 42.0 Å². The largest absolute Gasteiger partial charge is 0.454 e. The number of ether oxygens (including phenoxy) is 2. The number of aliphatic imine (C=N–C) groups is 1. The SMILES string of the molecule is NC(=O)C1CC(=O)N(Cc2ccc3c(c2)OCO3)C(=Nc2ccc(F)cc2)S1. The molecule has 28 heavy (non-hydrogen) atoms. The van der Waals surface area contributed by atoms with Gasteiger partial charge in [0.15, 0.2) is 16.7 Å². The van der Waals surface area contributed by atoms with Gasteiger partial charge in [0, 0.05) is 6.42 Å². The number of nitrogens with zero attached hydrogens (tertiary/aromatic N) is 2. The number of amides is 2. The Kier molecular flexibility index (Phi) is 4.91. The Labute approximate surface area is 164 Å². The number of fused-ring (bicyclic) bond motifs is 1. The van der Waals surface area contributed by atoms with E-state index in [9.17, 15) is 14.0 Å². The highest BCUT2D eigenvalue weighted by molar-refractivity contribution is 8.15. The smallest absolute Gasteiger partial charge is 0.231 e. The minimum absolute atomic E-state index is 0.00695. The molecule has 2 aromatic rings. The summed E-state index contributed by atoms with van der Waals surface area (Å²) in [6, 6.07) is 11.0. The second-order valence-electron chi connectivity index (χ2n) is 6.25. The van der Waals surface area contributed by atoms with Crippen molar-refractivity contribution in [2.75, 3.05) is 6.79 Å². The van der Waals surface area contributed by atoms with E-state index in [0.29, 0.717) is 22.4 Å². The summed E-state index contributed by atoms with van der Waals surface area (Å²) in [6.45, 7) is 0.406. The molecule has 2 aliphatic heterocycles. The van der Waals surface area contributed by atoms with Crippen LogP contribution in [0.5, 0.6) is 11.5 Å². The van der Waals surface area contributed by atoms with Crippen LogP contribution in [0.3, 0.4) is 0 Å². The van der Waals surface area contributed by atoms with Crippen LogP contribution in [-0.2, 0) is 16.1 Å². The third kappa shape index (κ3) is 3.79. The van der Waals surface area contributed by atoms with Crippen LogP contribution in [0, 0.1) is 5.82 Å². The standard InChI is InChI=1S/C19H16FN3O4S/c20-12-2-4-13(5-3-12)22-19-23(17(24)8-16(28-19)18(21)25)9-11-1-6-14-15(7-11)27-10-26-14/h1-7,16H,8-10H2,(H2,21,25). The fourth-order valence-corrected chi connectivity index (χ4v) is 3.91. The van der Waals surface area contributed by atoms with E-state index < -0.39 is 11.2 Å². The van der Waals surface area contributed by atoms with Crippen LogP contribution in [0.15, 0.2) is 47.5 Å². The van der Waals surface area contributed by atoms with Crippen LogP contribution < -0.4 is 15.2 Å². The topological polar surface area (TPSA) is 94.2 Å². The van der Waals surface area contributed by atoms with Crippen LogP contribution in [-0.4, -0.2) is 33.9 Å². The Hall–Kier alpha value is -3.07. The van der Waals surface area contributed by atoms with E-state index in [0.717, 1.165) is 17.3 Å². The van der Waals surface area contributed by atoms with E-state index in [1.807, 2.05) is 6.07 Å². The molecule has 0 bridgehead atoms. The fraction of sp³-hybridized carbons (Fsp3) is 0.211. The highest BCUT2D eigenvalue weighted by atomic mass is 32.2. The minimum Gasteiger partial charge on any atom is -0.454 e. The van der Waals surface area contributed by atoms with Gasteiger partial charge >= 0.3 is 0 Å². The monoisotopic (exact) mass is 401 g/mol. The molecule has 2 amide bonds. The highest BCUT2D eigenvalue weighted by Crippen LogP contribution is 2.34. The number of carbonyl (C=O) groups is 2. The van der Waals surface area contributed by atoms with Gasteiger partial charge < -0.3 is 15.2 Å². The molecule has 1 fully saturated rings. The summed E-state index contributed by atoms with van der Waals surface area (Å²) in [4.78, 5) is 30.3. The zero-order valence-electron chi connectivity index (χ0n) is 14.6. The molecule has 144 valence electrons. The van der Waals surface area contributed by atoms with Crippen LogP contribution in [0.25, 0.3) is 0 Å². The van der Waals surface area contributed by atoms with Crippen LogP contribution >= 0.6 is 11.8 Å². The van der Waals surface area contributed by atoms with Crippen molar-refractivity contribution in [3.05, 3.63) is 53.8 Å². The number of hydrogen-bond donors (Lipinski definition) is 1. The van der Waals surface area contributed by atoms with Crippen molar-refractivity contribution in [2.24, 2.45) is 10.7 Å². The number of amidine groups is 1. The average molecular weight is 401 g/mol. The lowest BCUT2D eigenvalue weighted by Crippen LogP contribution is -2.45. The second kappa shape index (κ2) is 7.51. The molecular formula is C19H16FN3O4S. The Morgan fingerprint density at radius 1 is 1.21 bits per heavy atom. The molecule has 9 heteroatoms. The molecule has 0 saturated carbocycles. The van der Waals surface area contributed by atoms with Crippen molar-refractivity contribution < 1.29 is 23.5 Å². The van der Waals surface area contributed by atoms with Gasteiger partial charge in [-0.25, -0.2) is 9.38 Å². The number of halogens is 1. The molecule has 2 heterocycles. The van der Waals surface area contributed by atoms with Gasteiger partial charge in [-0.15, -0.1) is 0 Å². The van der Waals surface area contributed by atoms with E-state index in [1.165, 1.54) is 29.2 Å². The Morgan fingerprint density at radius 3 is 2.71 bits per heavy atom. The molecule has 0 radical (unpaired) electrons. The summed E-state index contributed by atoms with van der Waals surface area (Å²) >= 11 is 1.13. The molecular weight excluding hydrogens is 385 g/mol. The van der Waals surface area contributed by atoms with E-state index in [-0.39, 0.29) is 31.5 Å². The van der Waals surface area contributed by atoms with Crippen molar-refractivity contribution in [1.29, 1.82) is 0 Å². The maximum Gasteiger partial charge on any atom is 0.231 e. The summed E-state index contributed by atoms with van der Waals surface area (Å²) < 4.78 is 23.8. The quantitative estimate of drug-likeness (QED) is 0.850. The molecule has 2 aromatic carbocycles. The van der Waals surface area contributed by atoms with Crippen LogP contribution in [0.4, 0.5) is 10.1 Å². The van der Waals surface area contributed by atoms with Crippen LogP contribution in [0.2, 0.25) is 0 Å². The molecule has 4 rings (SSSR count). The van der Waals surface area contributed by atoms with Crippen molar-refractivity contribution in [3.63, 3.8) is 0 Å². The summed E-state index contributed by atoms with van der Waals surface area (Å²) in [5.41, 5.74) is 6.69. The van der Waals surface area contributed by atoms with Crippen molar-refractivity contribution in [1.82, 2.24) is 4.90 Å². The Balaban J connectivity index is 1.64. The van der Waals surface area contributed by atoms with Gasteiger partial charge in [-0.3, -0.25) is 14.5 Å². The Morgan fingerprint density at radius 2 is 1.96 bits per heavy atom. The number of hydrogen-bond acceptors (Lipinski definition) is 6. The molecule has 2 aliphatic rings. The second-order valence-corrected chi connectivity index (χ2v) is 7.42. The number of benzene rings is 2. The predicted octanol–water partition coefficient (Wildman–Crippen LogP) is 2.56. The number of rotatable bonds is 4. The number of primary amides is 1. The first-order chi connectivity index (χ1) is 13.5. The maximum absolute atomic E-state index is 13.2. The number of thioether (sulfide) groups is 1. The summed E-state index contributed by atoms with van der Waals surface area (Å²) in [5.74, 6) is 0.0382. The summed E-state index contributed by atoms with van der Waals surface area (Å²) in [7, 11) is 0. The third-order valence-electron chi connectivity index (χ3n) is 4.29. The lowest BCUT2D eigenvalue weighted by molar-refractivity contribution is -0.130. The first-order valence-corrected chi connectivity index (χ1v) is 9.37. The molecule has 1 saturated heterocycles. The van der Waals surface area contributed by atoms with Gasteiger partial charge in [0.05, 0.1) is 17.5 Å². The zero-order chi connectivity index (χ0) is 19.7. The minimum atomic E-state index is -0.695. The van der Waals surface area contributed by atoms with Crippen molar-refractivity contribution >= 4 is 34.4 Å². The lowest BCUT2D eigenvalue weighted by Gasteiger charge is -2.31. The van der Waals surface area contributed by atoms with Crippen molar-refractivity contribution in [2.45, 2.75) is 18.2 Å². The summed E-state index contributed by atoms with van der Waals surface area (Å²) in [6.07, 6.45) is -0.00695. The lowest BCUT2D eigenvalue weighted by atomic mass is 10.1. The molecule has 0 spiro atoms. The first kappa shape index (κ1) is 18.3. The predicted molar refractivity (Wildman–Crippen MR) is 102 cm³/mol. The summed E-state index contributed by atoms with van der Waals surface area (Å²) in [5, 5.41) is -0.357. The van der Waals surface area contributed by atoms with E-state index in [2.05, 4.69) is 4.99 Å². The average Bonchev–Trinajstić information content (AvgIpc) is 3.13. The molecule has 0 aromatic heterocycles. The molecule has 1 atom stereocenters. The van der Waals surface area contributed by atoms with E-state index in [4.69, 9.17) is 15.2 Å². The van der Waals surface area contributed by atoms with Gasteiger partial charge in [0.1, 0.15) is 5.82 Å². The van der Waals surface area contributed by atoms with Gasteiger partial charge in [-0.1, -0.05) is 17.8 Å². The third-order valence-corrected chi connectivity index (χ3v) is 5.49. The Bertz CT molecular complexity index is 964. The molecule has 7 nitrogen and oxygen atoms in total. The van der Waals surface area contributed by atoms with Crippen molar-refractivity contribution in [3.8, 4) is 11.5 Å². The highest BCUT2D eigenvalue weighted by Gasteiger charge is 2.35. The molecule has 2 N–H and O–H groups in total. The molecule has 0 aliphatic carbocycles. The molecule has 1 unspecified atom stereocenters. The number of nitrogens with two attached hydrogens (primary N) is 1. The van der Waals surface area contributed by atoms with Gasteiger partial charge in [0.2, 0.25) is 18.6 Å². The first-order valence-electron chi connectivity index (χ1n) is 8.49. The maximum atomic E-state index is 13.2. The number of carbonyl (C=O) groups excluding carboxylic acids is 2. The van der Waals surface area contributed by atoms with Gasteiger partial charge in [0.25, 0.3) is 0 Å². The fourth-order valence-electron chi connectivity index (χ4n) is 2.86. The van der Waals surface area contributed by atoms with E-state index >= 15 is 0 Å². The zero-order valence-corrected chi connectivity index (χ0v) is 15.4. The van der Waals surface area contributed by atoms with Crippen LogP contribution in [0.1, 0.15) is 12.0 Å². The van der Waals surface area contributed by atoms with E-state index in [1.54, 1.807) is 12.1 Å². The van der Waals surface area contributed by atoms with Gasteiger partial charge in [-0.2, -0.15) is 0 Å².